The molecule has 1 aromatic carbocycles. The normalized spacial score (nSPS) is 10.5. The molecule has 3 N–H and O–H groups in total. The van der Waals surface area contributed by atoms with Gasteiger partial charge in [-0.3, -0.25) is 9.59 Å². The summed E-state index contributed by atoms with van der Waals surface area (Å²) in [5.74, 6) is -0.135. The van der Waals surface area contributed by atoms with E-state index >= 15 is 0 Å². The third-order valence-electron chi connectivity index (χ3n) is 2.98. The Kier molecular flexibility index (Phi) is 8.17. The molecular weight excluding hydrogens is 280 g/mol. The van der Waals surface area contributed by atoms with Crippen molar-refractivity contribution in [2.24, 2.45) is 0 Å². The van der Waals surface area contributed by atoms with Gasteiger partial charge >= 0.3 is 0 Å². The fourth-order valence-corrected chi connectivity index (χ4v) is 1.91. The summed E-state index contributed by atoms with van der Waals surface area (Å²) in [4.78, 5) is 24.8. The molecule has 0 atom stereocenters. The van der Waals surface area contributed by atoms with Gasteiger partial charge in [-0.05, 0) is 57.9 Å². The van der Waals surface area contributed by atoms with Gasteiger partial charge in [0.25, 0.3) is 0 Å². The van der Waals surface area contributed by atoms with E-state index < -0.39 is 0 Å². The van der Waals surface area contributed by atoms with Gasteiger partial charge in [-0.1, -0.05) is 0 Å². The summed E-state index contributed by atoms with van der Waals surface area (Å²) in [5, 5.41) is 8.77. The number of hydrogen-bond donors (Lipinski definition) is 3. The molecule has 0 saturated heterocycles. The summed E-state index contributed by atoms with van der Waals surface area (Å²) in [7, 11) is 4.09. The van der Waals surface area contributed by atoms with Crippen molar-refractivity contribution in [3.8, 4) is 0 Å². The highest BCUT2D eigenvalue weighted by Crippen LogP contribution is 2.13. The van der Waals surface area contributed by atoms with Gasteiger partial charge in [-0.25, -0.2) is 0 Å². The van der Waals surface area contributed by atoms with Crippen LogP contribution in [0.5, 0.6) is 0 Å². The first kappa shape index (κ1) is 18.1. The number of amides is 2. The van der Waals surface area contributed by atoms with Gasteiger partial charge in [-0.15, -0.1) is 0 Å². The third kappa shape index (κ3) is 8.39. The first-order chi connectivity index (χ1) is 10.5. The minimum Gasteiger partial charge on any atom is -0.326 e. The summed E-state index contributed by atoms with van der Waals surface area (Å²) >= 11 is 0. The highest BCUT2D eigenvalue weighted by Gasteiger charge is 2.02. The van der Waals surface area contributed by atoms with E-state index in [2.05, 4.69) is 20.9 Å². The molecule has 0 aliphatic carbocycles. The van der Waals surface area contributed by atoms with Crippen LogP contribution in [0.4, 0.5) is 11.4 Å². The molecule has 0 aromatic heterocycles. The van der Waals surface area contributed by atoms with Crippen molar-refractivity contribution in [1.82, 2.24) is 10.2 Å². The van der Waals surface area contributed by atoms with Crippen LogP contribution in [0.25, 0.3) is 0 Å². The molecule has 2 amide bonds. The summed E-state index contributed by atoms with van der Waals surface area (Å²) in [6, 6.07) is 7.06. The van der Waals surface area contributed by atoms with Gasteiger partial charge in [0.1, 0.15) is 0 Å². The summed E-state index contributed by atoms with van der Waals surface area (Å²) in [6.45, 7) is 4.08. The average Bonchev–Trinajstić information content (AvgIpc) is 2.44. The second kappa shape index (κ2) is 9.92. The molecule has 0 unspecified atom stereocenters. The number of benzene rings is 1. The quantitative estimate of drug-likeness (QED) is 0.605. The van der Waals surface area contributed by atoms with Crippen LogP contribution in [-0.2, 0) is 9.59 Å². The van der Waals surface area contributed by atoms with Crippen LogP contribution in [-0.4, -0.2) is 50.4 Å². The Morgan fingerprint density at radius 1 is 1.00 bits per heavy atom. The number of carbonyl (C=O) groups excluding carboxylic acids is 2. The van der Waals surface area contributed by atoms with E-state index in [1.54, 1.807) is 24.3 Å². The Hall–Kier alpha value is -1.92. The van der Waals surface area contributed by atoms with E-state index in [1.807, 2.05) is 14.1 Å². The van der Waals surface area contributed by atoms with E-state index in [-0.39, 0.29) is 11.8 Å². The molecule has 122 valence electrons. The zero-order valence-electron chi connectivity index (χ0n) is 13.6. The third-order valence-corrected chi connectivity index (χ3v) is 2.98. The predicted octanol–water partition coefficient (Wildman–Crippen LogP) is 1.51. The first-order valence-corrected chi connectivity index (χ1v) is 7.50. The van der Waals surface area contributed by atoms with Crippen LogP contribution in [0.15, 0.2) is 24.3 Å². The Bertz CT molecular complexity index is 472. The summed E-state index contributed by atoms with van der Waals surface area (Å²) in [6.07, 6.45) is 1.51. The van der Waals surface area contributed by atoms with E-state index in [4.69, 9.17) is 0 Å². The molecule has 6 heteroatoms. The lowest BCUT2D eigenvalue weighted by atomic mass is 10.2. The number of rotatable bonds is 9. The van der Waals surface area contributed by atoms with Crippen molar-refractivity contribution in [3.05, 3.63) is 24.3 Å². The number of anilines is 2. The molecule has 6 nitrogen and oxygen atoms in total. The molecule has 1 rings (SSSR count). The lowest BCUT2D eigenvalue weighted by molar-refractivity contribution is -0.116. The van der Waals surface area contributed by atoms with Crippen LogP contribution in [0.2, 0.25) is 0 Å². The number of nitrogens with zero attached hydrogens (tertiary/aromatic N) is 1. The standard InChI is InChI=1S/C16H26N4O2/c1-13(21)18-14-5-7-15(8-6-14)19-16(22)9-11-17-10-4-12-20(2)3/h5-8,17H,4,9-12H2,1-3H3,(H,18,21)(H,19,22). The van der Waals surface area contributed by atoms with Crippen LogP contribution in [0, 0.1) is 0 Å². The monoisotopic (exact) mass is 306 g/mol. The molecule has 22 heavy (non-hydrogen) atoms. The van der Waals surface area contributed by atoms with Gasteiger partial charge in [0, 0.05) is 31.3 Å². The number of nitrogens with one attached hydrogen (secondary N) is 3. The molecule has 0 saturated carbocycles. The molecule has 0 radical (unpaired) electrons. The maximum Gasteiger partial charge on any atom is 0.225 e. The lowest BCUT2D eigenvalue weighted by Gasteiger charge is -2.10. The van der Waals surface area contributed by atoms with Gasteiger partial charge in [0.05, 0.1) is 0 Å². The molecule has 0 aliphatic rings. The molecule has 0 fully saturated rings. The number of hydrogen-bond acceptors (Lipinski definition) is 4. The van der Waals surface area contributed by atoms with Crippen LogP contribution in [0.3, 0.4) is 0 Å². The molecule has 0 bridgehead atoms. The van der Waals surface area contributed by atoms with Gasteiger partial charge < -0.3 is 20.9 Å². The minimum atomic E-state index is -0.114. The highest BCUT2D eigenvalue weighted by molar-refractivity contribution is 5.92. The maximum atomic E-state index is 11.8. The molecule has 0 spiro atoms. The highest BCUT2D eigenvalue weighted by atomic mass is 16.2. The summed E-state index contributed by atoms with van der Waals surface area (Å²) in [5.41, 5.74) is 1.44. The van der Waals surface area contributed by atoms with Crippen molar-refractivity contribution in [2.45, 2.75) is 19.8 Å². The topological polar surface area (TPSA) is 73.5 Å². The zero-order valence-corrected chi connectivity index (χ0v) is 13.6. The lowest BCUT2D eigenvalue weighted by Crippen LogP contribution is -2.25. The Balaban J connectivity index is 2.20. The molecule has 1 aromatic rings. The SMILES string of the molecule is CC(=O)Nc1ccc(NC(=O)CCNCCCN(C)C)cc1. The number of carbonyl (C=O) groups is 2. The van der Waals surface area contributed by atoms with Crippen molar-refractivity contribution >= 4 is 23.2 Å². The fourth-order valence-electron chi connectivity index (χ4n) is 1.91. The van der Waals surface area contributed by atoms with E-state index in [9.17, 15) is 9.59 Å². The van der Waals surface area contributed by atoms with Crippen molar-refractivity contribution < 1.29 is 9.59 Å². The van der Waals surface area contributed by atoms with Crippen LogP contribution >= 0.6 is 0 Å². The van der Waals surface area contributed by atoms with E-state index in [1.165, 1.54) is 6.92 Å². The van der Waals surface area contributed by atoms with Crippen molar-refractivity contribution in [3.63, 3.8) is 0 Å². The second-order valence-electron chi connectivity index (χ2n) is 5.46. The van der Waals surface area contributed by atoms with Crippen LogP contribution < -0.4 is 16.0 Å². The maximum absolute atomic E-state index is 11.8. The fraction of sp³-hybridized carbons (Fsp3) is 0.500. The Labute approximate surface area is 132 Å². The summed E-state index contributed by atoms with van der Waals surface area (Å²) < 4.78 is 0. The van der Waals surface area contributed by atoms with Gasteiger partial charge in [0.15, 0.2) is 0 Å². The van der Waals surface area contributed by atoms with Crippen molar-refractivity contribution in [1.29, 1.82) is 0 Å². The van der Waals surface area contributed by atoms with E-state index in [0.717, 1.165) is 25.2 Å². The zero-order chi connectivity index (χ0) is 16.4. The largest absolute Gasteiger partial charge is 0.326 e. The van der Waals surface area contributed by atoms with E-state index in [0.29, 0.717) is 18.7 Å². The predicted molar refractivity (Wildman–Crippen MR) is 90.0 cm³/mol. The second-order valence-corrected chi connectivity index (χ2v) is 5.46. The van der Waals surface area contributed by atoms with Crippen LogP contribution in [0.1, 0.15) is 19.8 Å². The molecule has 0 heterocycles. The smallest absolute Gasteiger partial charge is 0.225 e. The van der Waals surface area contributed by atoms with Gasteiger partial charge in [0.2, 0.25) is 11.8 Å². The van der Waals surface area contributed by atoms with Crippen molar-refractivity contribution in [2.75, 3.05) is 44.4 Å². The molecular formula is C16H26N4O2. The van der Waals surface area contributed by atoms with Gasteiger partial charge in [-0.2, -0.15) is 0 Å². The minimum absolute atomic E-state index is 0.0209. The Morgan fingerprint density at radius 3 is 2.14 bits per heavy atom. The molecule has 0 aliphatic heterocycles. The Morgan fingerprint density at radius 2 is 1.59 bits per heavy atom. The average molecular weight is 306 g/mol. The first-order valence-electron chi connectivity index (χ1n) is 7.50.